The smallest absolute Gasteiger partial charge is 0.0697 e. The molecule has 0 bridgehead atoms. The molecule has 2 aliphatic rings. The van der Waals surface area contributed by atoms with Crippen molar-refractivity contribution in [2.24, 2.45) is 0 Å². The molecule has 3 nitrogen and oxygen atoms in total. The fourth-order valence-corrected chi connectivity index (χ4v) is 3.11. The standard InChI is InChI=1S/C13H25NO2/c1-2-14(8-4-9-15)12-5-10-16-13(11-12)6-3-7-13/h12,15H,2-11H2,1H3. The zero-order valence-corrected chi connectivity index (χ0v) is 10.5. The normalized spacial score (nSPS) is 28.3. The van der Waals surface area contributed by atoms with Crippen LogP contribution in [0.15, 0.2) is 0 Å². The second-order valence-corrected chi connectivity index (χ2v) is 5.24. The van der Waals surface area contributed by atoms with E-state index in [4.69, 9.17) is 9.84 Å². The van der Waals surface area contributed by atoms with Crippen LogP contribution >= 0.6 is 0 Å². The molecule has 0 aromatic heterocycles. The molecule has 94 valence electrons. The number of aliphatic hydroxyl groups is 1. The zero-order valence-electron chi connectivity index (χ0n) is 10.5. The molecule has 1 spiro atoms. The van der Waals surface area contributed by atoms with E-state index in [1.165, 1.54) is 32.1 Å². The third kappa shape index (κ3) is 2.58. The minimum atomic E-state index is 0.246. The lowest BCUT2D eigenvalue weighted by Crippen LogP contribution is -2.52. The highest BCUT2D eigenvalue weighted by Gasteiger charge is 2.43. The molecule has 0 aromatic carbocycles. The van der Waals surface area contributed by atoms with Crippen molar-refractivity contribution in [1.29, 1.82) is 0 Å². The Labute approximate surface area is 98.8 Å². The molecular formula is C13H25NO2. The maximum Gasteiger partial charge on any atom is 0.0697 e. The molecule has 0 amide bonds. The van der Waals surface area contributed by atoms with Crippen LogP contribution in [0.1, 0.15) is 45.4 Å². The van der Waals surface area contributed by atoms with Gasteiger partial charge in [-0.3, -0.25) is 0 Å². The quantitative estimate of drug-likeness (QED) is 0.777. The third-order valence-corrected chi connectivity index (χ3v) is 4.26. The van der Waals surface area contributed by atoms with Crippen molar-refractivity contribution < 1.29 is 9.84 Å². The van der Waals surface area contributed by atoms with E-state index in [1.54, 1.807) is 0 Å². The minimum Gasteiger partial charge on any atom is -0.396 e. The van der Waals surface area contributed by atoms with Gasteiger partial charge in [0.1, 0.15) is 0 Å². The topological polar surface area (TPSA) is 32.7 Å². The Morgan fingerprint density at radius 2 is 2.25 bits per heavy atom. The first-order valence-corrected chi connectivity index (χ1v) is 6.78. The van der Waals surface area contributed by atoms with Crippen molar-refractivity contribution in [2.75, 3.05) is 26.3 Å². The molecule has 1 N–H and O–H groups in total. The minimum absolute atomic E-state index is 0.246. The van der Waals surface area contributed by atoms with Crippen LogP contribution in [0.4, 0.5) is 0 Å². The van der Waals surface area contributed by atoms with Gasteiger partial charge in [-0.15, -0.1) is 0 Å². The van der Waals surface area contributed by atoms with E-state index in [0.717, 1.165) is 26.1 Å². The summed E-state index contributed by atoms with van der Waals surface area (Å²) < 4.78 is 5.95. The summed E-state index contributed by atoms with van der Waals surface area (Å²) in [5.41, 5.74) is 0.246. The van der Waals surface area contributed by atoms with Crippen LogP contribution in [-0.4, -0.2) is 48.0 Å². The van der Waals surface area contributed by atoms with Crippen molar-refractivity contribution in [2.45, 2.75) is 57.1 Å². The lowest BCUT2D eigenvalue weighted by Gasteiger charge is -2.49. The highest BCUT2D eigenvalue weighted by atomic mass is 16.5. The molecule has 1 saturated carbocycles. The monoisotopic (exact) mass is 227 g/mol. The van der Waals surface area contributed by atoms with Crippen LogP contribution in [0, 0.1) is 0 Å². The van der Waals surface area contributed by atoms with Crippen LogP contribution < -0.4 is 0 Å². The van der Waals surface area contributed by atoms with Crippen molar-refractivity contribution in [3.05, 3.63) is 0 Å². The molecule has 1 heterocycles. The summed E-state index contributed by atoms with van der Waals surface area (Å²) in [4.78, 5) is 2.53. The highest BCUT2D eigenvalue weighted by Crippen LogP contribution is 2.43. The fraction of sp³-hybridized carbons (Fsp3) is 1.00. The van der Waals surface area contributed by atoms with Crippen molar-refractivity contribution in [1.82, 2.24) is 4.90 Å². The molecule has 1 saturated heterocycles. The van der Waals surface area contributed by atoms with E-state index >= 15 is 0 Å². The van der Waals surface area contributed by atoms with Crippen molar-refractivity contribution in [3.63, 3.8) is 0 Å². The molecule has 0 radical (unpaired) electrons. The van der Waals surface area contributed by atoms with E-state index in [2.05, 4.69) is 11.8 Å². The van der Waals surface area contributed by atoms with E-state index in [-0.39, 0.29) is 5.60 Å². The van der Waals surface area contributed by atoms with Crippen molar-refractivity contribution in [3.8, 4) is 0 Å². The van der Waals surface area contributed by atoms with Gasteiger partial charge in [0, 0.05) is 25.8 Å². The molecule has 16 heavy (non-hydrogen) atoms. The Hall–Kier alpha value is -0.120. The highest BCUT2D eigenvalue weighted by molar-refractivity contribution is 4.96. The van der Waals surface area contributed by atoms with Gasteiger partial charge >= 0.3 is 0 Å². The average molecular weight is 227 g/mol. The Kier molecular flexibility index (Phi) is 4.22. The molecule has 1 aliphatic carbocycles. The SMILES string of the molecule is CCN(CCCO)C1CCOC2(CCC2)C1. The maximum absolute atomic E-state index is 8.92. The fourth-order valence-electron chi connectivity index (χ4n) is 3.11. The first kappa shape index (κ1) is 12.3. The summed E-state index contributed by atoms with van der Waals surface area (Å²) in [7, 11) is 0. The number of nitrogens with zero attached hydrogens (tertiary/aromatic N) is 1. The second kappa shape index (κ2) is 5.48. The predicted octanol–water partition coefficient (Wildman–Crippen LogP) is 1.79. The van der Waals surface area contributed by atoms with Gasteiger partial charge in [-0.25, -0.2) is 0 Å². The number of ether oxygens (including phenoxy) is 1. The molecule has 1 atom stereocenters. The Balaban J connectivity index is 1.86. The maximum atomic E-state index is 8.92. The Morgan fingerprint density at radius 1 is 1.44 bits per heavy atom. The molecule has 0 aromatic rings. The van der Waals surface area contributed by atoms with Crippen LogP contribution in [0.5, 0.6) is 0 Å². The van der Waals surface area contributed by atoms with E-state index in [9.17, 15) is 0 Å². The molecule has 2 fully saturated rings. The van der Waals surface area contributed by atoms with Crippen LogP contribution in [0.2, 0.25) is 0 Å². The van der Waals surface area contributed by atoms with E-state index < -0.39 is 0 Å². The molecule has 1 unspecified atom stereocenters. The summed E-state index contributed by atoms with van der Waals surface area (Å²) in [5, 5.41) is 8.92. The second-order valence-electron chi connectivity index (χ2n) is 5.24. The zero-order chi connectivity index (χ0) is 11.4. The van der Waals surface area contributed by atoms with Gasteiger partial charge in [0.25, 0.3) is 0 Å². The molecule has 3 heteroatoms. The predicted molar refractivity (Wildman–Crippen MR) is 64.5 cm³/mol. The number of aliphatic hydroxyl groups excluding tert-OH is 1. The van der Waals surface area contributed by atoms with Gasteiger partial charge in [0.05, 0.1) is 5.60 Å². The summed E-state index contributed by atoms with van der Waals surface area (Å²) in [6.07, 6.45) is 7.16. The first-order valence-electron chi connectivity index (χ1n) is 6.78. The summed E-state index contributed by atoms with van der Waals surface area (Å²) in [5.74, 6) is 0. The van der Waals surface area contributed by atoms with Gasteiger partial charge in [-0.1, -0.05) is 6.92 Å². The summed E-state index contributed by atoms with van der Waals surface area (Å²) in [6.45, 7) is 5.60. The lowest BCUT2D eigenvalue weighted by molar-refractivity contribution is -0.148. The molecular weight excluding hydrogens is 202 g/mol. The van der Waals surface area contributed by atoms with E-state index in [0.29, 0.717) is 12.6 Å². The molecule has 2 rings (SSSR count). The lowest BCUT2D eigenvalue weighted by atomic mass is 9.73. The van der Waals surface area contributed by atoms with Gasteiger partial charge in [-0.05, 0) is 45.1 Å². The third-order valence-electron chi connectivity index (χ3n) is 4.26. The average Bonchev–Trinajstić information content (AvgIpc) is 2.28. The number of hydrogen-bond acceptors (Lipinski definition) is 3. The Bertz CT molecular complexity index is 216. The van der Waals surface area contributed by atoms with Crippen LogP contribution in [-0.2, 0) is 4.74 Å². The first-order chi connectivity index (χ1) is 7.79. The van der Waals surface area contributed by atoms with Crippen LogP contribution in [0.25, 0.3) is 0 Å². The van der Waals surface area contributed by atoms with Gasteiger partial charge in [-0.2, -0.15) is 0 Å². The largest absolute Gasteiger partial charge is 0.396 e. The number of hydrogen-bond donors (Lipinski definition) is 1. The summed E-state index contributed by atoms with van der Waals surface area (Å²) in [6, 6.07) is 0.686. The van der Waals surface area contributed by atoms with Gasteiger partial charge < -0.3 is 14.7 Å². The van der Waals surface area contributed by atoms with Gasteiger partial charge in [0.2, 0.25) is 0 Å². The van der Waals surface area contributed by atoms with Crippen molar-refractivity contribution >= 4 is 0 Å². The molecule has 1 aliphatic heterocycles. The van der Waals surface area contributed by atoms with E-state index in [1.807, 2.05) is 0 Å². The number of rotatable bonds is 5. The van der Waals surface area contributed by atoms with Crippen LogP contribution in [0.3, 0.4) is 0 Å². The Morgan fingerprint density at radius 3 is 2.81 bits per heavy atom. The van der Waals surface area contributed by atoms with Gasteiger partial charge in [0.15, 0.2) is 0 Å². The summed E-state index contributed by atoms with van der Waals surface area (Å²) >= 11 is 0.